The number of nitrogens with one attached hydrogen (secondary N) is 1. The monoisotopic (exact) mass is 303 g/mol. The molecule has 0 bridgehead atoms. The van der Waals surface area contributed by atoms with E-state index in [-0.39, 0.29) is 35.9 Å². The molecule has 3 rings (SSSR count). The van der Waals surface area contributed by atoms with Gasteiger partial charge in [-0.15, -0.1) is 0 Å². The predicted molar refractivity (Wildman–Crippen MR) is 74.8 cm³/mol. The Morgan fingerprint density at radius 1 is 1.32 bits per heavy atom. The van der Waals surface area contributed by atoms with Crippen molar-refractivity contribution in [3.05, 3.63) is 49.2 Å². The van der Waals surface area contributed by atoms with Crippen molar-refractivity contribution in [2.45, 2.75) is 6.54 Å². The average molecular weight is 303 g/mol. The number of H-pyrrole nitrogens is 1. The number of fused-ring (bicyclic) bond motifs is 2. The lowest BCUT2D eigenvalue weighted by atomic mass is 10.2. The summed E-state index contributed by atoms with van der Waals surface area (Å²) in [4.78, 5) is 43.2. The Morgan fingerprint density at radius 2 is 2.09 bits per heavy atom. The molecule has 2 aliphatic heterocycles. The molecule has 112 valence electrons. The number of hydrogen-bond acceptors (Lipinski definition) is 7. The maximum atomic E-state index is 11.9. The lowest BCUT2D eigenvalue weighted by Gasteiger charge is -2.15. The number of nitro benzene ring substituents is 1. The van der Waals surface area contributed by atoms with Crippen molar-refractivity contribution >= 4 is 16.7 Å². The summed E-state index contributed by atoms with van der Waals surface area (Å²) in [7, 11) is 0. The fourth-order valence-electron chi connectivity index (χ4n) is 2.23. The zero-order valence-corrected chi connectivity index (χ0v) is 11.0. The van der Waals surface area contributed by atoms with Gasteiger partial charge < -0.3 is 9.67 Å². The number of aliphatic hydroxyl groups excluding tert-OH is 1. The number of aromatic amines is 1. The van der Waals surface area contributed by atoms with E-state index in [2.05, 4.69) is 9.97 Å². The van der Waals surface area contributed by atoms with E-state index in [1.807, 2.05) is 4.98 Å². The van der Waals surface area contributed by atoms with Crippen LogP contribution in [0.25, 0.3) is 22.6 Å². The van der Waals surface area contributed by atoms with Gasteiger partial charge in [0.05, 0.1) is 22.6 Å². The maximum absolute atomic E-state index is 11.9. The van der Waals surface area contributed by atoms with Crippen LogP contribution >= 0.6 is 0 Å². The van der Waals surface area contributed by atoms with Gasteiger partial charge in [-0.25, -0.2) is 9.78 Å². The Balaban J connectivity index is 2.48. The molecule has 0 radical (unpaired) electrons. The molecule has 0 unspecified atom stereocenters. The molecule has 0 atom stereocenters. The first-order chi connectivity index (χ1) is 10.5. The number of non-ortho nitro benzene ring substituents is 1. The number of benzene rings is 1. The van der Waals surface area contributed by atoms with Crippen molar-refractivity contribution in [1.82, 2.24) is 19.5 Å². The quantitative estimate of drug-likeness (QED) is 0.376. The highest BCUT2D eigenvalue weighted by Gasteiger charge is 2.19. The lowest BCUT2D eigenvalue weighted by molar-refractivity contribution is -0.384. The zero-order chi connectivity index (χ0) is 15.9. The van der Waals surface area contributed by atoms with Crippen LogP contribution in [0.15, 0.2) is 27.8 Å². The van der Waals surface area contributed by atoms with Gasteiger partial charge >= 0.3 is 5.69 Å². The Labute approximate surface area is 121 Å². The molecule has 10 nitrogen and oxygen atoms in total. The van der Waals surface area contributed by atoms with Crippen molar-refractivity contribution < 1.29 is 10.0 Å². The average Bonchev–Trinajstić information content (AvgIpc) is 2.47. The zero-order valence-electron chi connectivity index (χ0n) is 11.0. The van der Waals surface area contributed by atoms with Crippen LogP contribution in [0.5, 0.6) is 0 Å². The number of nitrogens with zero attached hydrogens (tertiary/aromatic N) is 4. The van der Waals surface area contributed by atoms with E-state index in [4.69, 9.17) is 0 Å². The minimum atomic E-state index is -0.827. The molecule has 0 aliphatic carbocycles. The van der Waals surface area contributed by atoms with Crippen LogP contribution in [0.4, 0.5) is 5.69 Å². The minimum absolute atomic E-state index is 0.0177. The summed E-state index contributed by atoms with van der Waals surface area (Å²) >= 11 is 0. The molecular weight excluding hydrogens is 294 g/mol. The van der Waals surface area contributed by atoms with Crippen molar-refractivity contribution in [2.75, 3.05) is 6.61 Å². The molecule has 10 heteroatoms. The highest BCUT2D eigenvalue weighted by atomic mass is 16.6. The van der Waals surface area contributed by atoms with Gasteiger partial charge in [-0.3, -0.25) is 19.9 Å². The van der Waals surface area contributed by atoms with Crippen LogP contribution in [0.3, 0.4) is 0 Å². The van der Waals surface area contributed by atoms with Crippen LogP contribution in [-0.4, -0.2) is 36.2 Å². The molecule has 22 heavy (non-hydrogen) atoms. The molecule has 2 aliphatic rings. The van der Waals surface area contributed by atoms with Gasteiger partial charge in [0.25, 0.3) is 11.2 Å². The summed E-state index contributed by atoms with van der Waals surface area (Å²) < 4.78 is 1.43. The Bertz CT molecular complexity index is 976. The van der Waals surface area contributed by atoms with E-state index in [9.17, 15) is 24.8 Å². The molecule has 0 spiro atoms. The third kappa shape index (κ3) is 2.11. The van der Waals surface area contributed by atoms with E-state index in [0.29, 0.717) is 5.52 Å². The van der Waals surface area contributed by atoms with Crippen LogP contribution in [-0.2, 0) is 6.54 Å². The molecule has 1 aromatic carbocycles. The van der Waals surface area contributed by atoms with E-state index in [1.165, 1.54) is 22.8 Å². The third-order valence-corrected chi connectivity index (χ3v) is 3.13. The first kappa shape index (κ1) is 13.8. The summed E-state index contributed by atoms with van der Waals surface area (Å²) in [5, 5.41) is 20.0. The standard InChI is InChI=1S/C12H9N5O5/c18-4-3-16-8-2-1-6(17(21)22)5-7(8)13-9-10(16)14-12(20)15-11(9)19/h1-2,5,18H,3-4H2,(H,15,19,20). The lowest BCUT2D eigenvalue weighted by Crippen LogP contribution is -2.29. The van der Waals surface area contributed by atoms with Crippen LogP contribution < -0.4 is 11.2 Å². The summed E-state index contributed by atoms with van der Waals surface area (Å²) in [6, 6.07) is 3.92. The van der Waals surface area contributed by atoms with Gasteiger partial charge in [0.2, 0.25) is 0 Å². The van der Waals surface area contributed by atoms with Crippen molar-refractivity contribution in [2.24, 2.45) is 0 Å². The molecule has 0 aromatic heterocycles. The number of aliphatic hydroxyl groups is 1. The topological polar surface area (TPSA) is 144 Å². The first-order valence-corrected chi connectivity index (χ1v) is 6.21. The second-order valence-corrected chi connectivity index (χ2v) is 4.46. The summed E-state index contributed by atoms with van der Waals surface area (Å²) in [6.45, 7) is -0.207. The van der Waals surface area contributed by atoms with E-state index in [0.717, 1.165) is 0 Å². The molecule has 0 saturated heterocycles. The largest absolute Gasteiger partial charge is 0.395 e. The van der Waals surface area contributed by atoms with Gasteiger partial charge in [-0.1, -0.05) is 0 Å². The Kier molecular flexibility index (Phi) is 3.14. The molecule has 0 saturated carbocycles. The normalized spacial score (nSPS) is 11.1. The summed E-state index contributed by atoms with van der Waals surface area (Å²) in [5.74, 6) is 0.0177. The molecule has 2 heterocycles. The second kappa shape index (κ2) is 5.00. The van der Waals surface area contributed by atoms with Crippen LogP contribution in [0, 0.1) is 10.1 Å². The van der Waals surface area contributed by atoms with Gasteiger partial charge in [0.15, 0.2) is 11.5 Å². The SMILES string of the molecule is O=c1nc2n(CCO)c3ccc([N+](=O)[O-])cc3nc-2c(=O)[nH]1. The number of nitro groups is 1. The number of aromatic nitrogens is 4. The predicted octanol–water partition coefficient (Wildman–Crippen LogP) is -0.515. The van der Waals surface area contributed by atoms with E-state index >= 15 is 0 Å². The third-order valence-electron chi connectivity index (χ3n) is 3.13. The molecular formula is C12H9N5O5. The van der Waals surface area contributed by atoms with Gasteiger partial charge in [-0.2, -0.15) is 4.98 Å². The Hall–Kier alpha value is -3.14. The highest BCUT2D eigenvalue weighted by Crippen LogP contribution is 2.24. The Morgan fingerprint density at radius 3 is 2.77 bits per heavy atom. The highest BCUT2D eigenvalue weighted by molar-refractivity contribution is 5.81. The molecule has 1 aromatic rings. The number of hydrogen-bond donors (Lipinski definition) is 2. The summed E-state index contributed by atoms with van der Waals surface area (Å²) in [5.41, 5.74) is -1.26. The fourth-order valence-corrected chi connectivity index (χ4v) is 2.23. The summed E-state index contributed by atoms with van der Waals surface area (Å²) in [6.07, 6.45) is 0. The smallest absolute Gasteiger partial charge is 0.349 e. The fraction of sp³-hybridized carbons (Fsp3) is 0.167. The van der Waals surface area contributed by atoms with Gasteiger partial charge in [0, 0.05) is 18.7 Å². The van der Waals surface area contributed by atoms with E-state index < -0.39 is 16.2 Å². The van der Waals surface area contributed by atoms with Crippen LogP contribution in [0.2, 0.25) is 0 Å². The molecule has 0 fully saturated rings. The maximum Gasteiger partial charge on any atom is 0.349 e. The van der Waals surface area contributed by atoms with Gasteiger partial charge in [-0.05, 0) is 6.07 Å². The van der Waals surface area contributed by atoms with Crippen LogP contribution in [0.1, 0.15) is 0 Å². The van der Waals surface area contributed by atoms with Gasteiger partial charge in [0.1, 0.15) is 0 Å². The van der Waals surface area contributed by atoms with Crippen molar-refractivity contribution in [3.63, 3.8) is 0 Å². The second-order valence-electron chi connectivity index (χ2n) is 4.46. The molecule has 0 amide bonds. The van der Waals surface area contributed by atoms with E-state index in [1.54, 1.807) is 0 Å². The molecule has 2 N–H and O–H groups in total. The first-order valence-electron chi connectivity index (χ1n) is 6.21. The van der Waals surface area contributed by atoms with Crippen molar-refractivity contribution in [3.8, 4) is 11.5 Å². The number of rotatable bonds is 3. The van der Waals surface area contributed by atoms with Crippen molar-refractivity contribution in [1.29, 1.82) is 0 Å². The minimum Gasteiger partial charge on any atom is -0.395 e.